The summed E-state index contributed by atoms with van der Waals surface area (Å²) in [6.07, 6.45) is 3.05. The molecule has 1 rings (SSSR count). The Hall–Kier alpha value is -0.570. The highest BCUT2D eigenvalue weighted by Gasteiger charge is 2.47. The molecule has 1 fully saturated rings. The molecule has 1 aliphatic rings. The third-order valence-electron chi connectivity index (χ3n) is 4.28. The predicted octanol–water partition coefficient (Wildman–Crippen LogP) is 3.34. The minimum atomic E-state index is 0.151. The van der Waals surface area contributed by atoms with Gasteiger partial charge in [0.25, 0.3) is 0 Å². The summed E-state index contributed by atoms with van der Waals surface area (Å²) in [6.45, 7) is 16.5. The summed E-state index contributed by atoms with van der Waals surface area (Å²) in [5.74, 6) is 0.870. The average Bonchev–Trinajstić information content (AvgIpc) is 2.23. The molecule has 0 bridgehead atoms. The maximum atomic E-state index is 11.6. The zero-order chi connectivity index (χ0) is 15.6. The van der Waals surface area contributed by atoms with Gasteiger partial charge in [0.2, 0.25) is 5.91 Å². The Morgan fingerprint density at radius 2 is 1.90 bits per heavy atom. The van der Waals surface area contributed by atoms with Gasteiger partial charge < -0.3 is 10.6 Å². The summed E-state index contributed by atoms with van der Waals surface area (Å²) in [5.41, 5.74) is 0.808. The highest BCUT2D eigenvalue weighted by molar-refractivity contribution is 5.76. The number of hydrogen-bond donors (Lipinski definition) is 2. The standard InChI is InChI=1S/C17H34N2O/c1-12(2)19-15(20)8-9-18-14-11-17(6,7)13(14)10-16(3,4)5/h12-14,18H,8-11H2,1-7H3,(H,19,20). The van der Waals surface area contributed by atoms with Crippen LogP contribution in [0, 0.1) is 16.7 Å². The molecule has 2 unspecified atom stereocenters. The van der Waals surface area contributed by atoms with E-state index in [1.165, 1.54) is 12.8 Å². The zero-order valence-corrected chi connectivity index (χ0v) is 14.5. The molecule has 0 aromatic rings. The summed E-state index contributed by atoms with van der Waals surface area (Å²) < 4.78 is 0. The number of hydrogen-bond acceptors (Lipinski definition) is 2. The first kappa shape index (κ1) is 17.5. The molecule has 1 aliphatic carbocycles. The van der Waals surface area contributed by atoms with Crippen LogP contribution in [0.2, 0.25) is 0 Å². The van der Waals surface area contributed by atoms with Crippen LogP contribution >= 0.6 is 0 Å². The van der Waals surface area contributed by atoms with E-state index in [9.17, 15) is 4.79 Å². The number of carbonyl (C=O) groups excluding carboxylic acids is 1. The summed E-state index contributed by atoms with van der Waals surface area (Å²) in [5, 5.41) is 6.53. The maximum absolute atomic E-state index is 11.6. The minimum absolute atomic E-state index is 0.151. The lowest BCUT2D eigenvalue weighted by atomic mass is 9.55. The van der Waals surface area contributed by atoms with E-state index in [1.807, 2.05) is 13.8 Å². The lowest BCUT2D eigenvalue weighted by Crippen LogP contribution is -2.56. The maximum Gasteiger partial charge on any atom is 0.221 e. The van der Waals surface area contributed by atoms with Gasteiger partial charge in [0, 0.05) is 25.0 Å². The van der Waals surface area contributed by atoms with Crippen molar-refractivity contribution in [3.8, 4) is 0 Å². The number of nitrogens with one attached hydrogen (secondary N) is 2. The van der Waals surface area contributed by atoms with Gasteiger partial charge in [-0.05, 0) is 43.4 Å². The molecule has 1 amide bonds. The summed E-state index contributed by atoms with van der Waals surface area (Å²) in [7, 11) is 0. The zero-order valence-electron chi connectivity index (χ0n) is 14.5. The van der Waals surface area contributed by atoms with Crippen molar-refractivity contribution in [1.29, 1.82) is 0 Å². The molecule has 0 aromatic carbocycles. The summed E-state index contributed by atoms with van der Waals surface area (Å²) in [4.78, 5) is 11.6. The van der Waals surface area contributed by atoms with Crippen LogP contribution in [0.5, 0.6) is 0 Å². The first-order valence-corrected chi connectivity index (χ1v) is 8.04. The molecule has 1 saturated carbocycles. The largest absolute Gasteiger partial charge is 0.354 e. The van der Waals surface area contributed by atoms with E-state index >= 15 is 0 Å². The molecular formula is C17H34N2O. The van der Waals surface area contributed by atoms with E-state index in [-0.39, 0.29) is 11.9 Å². The van der Waals surface area contributed by atoms with Gasteiger partial charge in [-0.2, -0.15) is 0 Å². The minimum Gasteiger partial charge on any atom is -0.354 e. The fourth-order valence-electron chi connectivity index (χ4n) is 3.30. The normalized spacial score (nSPS) is 25.4. The van der Waals surface area contributed by atoms with Crippen LogP contribution in [0.1, 0.15) is 67.7 Å². The summed E-state index contributed by atoms with van der Waals surface area (Å²) >= 11 is 0. The highest BCUT2D eigenvalue weighted by atomic mass is 16.1. The SMILES string of the molecule is CC(C)NC(=O)CCNC1CC(C)(C)C1CC(C)(C)C. The van der Waals surface area contributed by atoms with Gasteiger partial charge in [-0.3, -0.25) is 4.79 Å². The third-order valence-corrected chi connectivity index (χ3v) is 4.28. The van der Waals surface area contributed by atoms with Gasteiger partial charge in [-0.25, -0.2) is 0 Å². The van der Waals surface area contributed by atoms with Crippen LogP contribution in [0.3, 0.4) is 0 Å². The van der Waals surface area contributed by atoms with Gasteiger partial charge in [-0.15, -0.1) is 0 Å². The number of carbonyl (C=O) groups is 1. The molecule has 2 atom stereocenters. The quantitative estimate of drug-likeness (QED) is 0.784. The van der Waals surface area contributed by atoms with Crippen molar-refractivity contribution >= 4 is 5.91 Å². The molecule has 0 aromatic heterocycles. The van der Waals surface area contributed by atoms with Crippen LogP contribution in [-0.4, -0.2) is 24.5 Å². The van der Waals surface area contributed by atoms with Gasteiger partial charge in [0.05, 0.1) is 0 Å². The second-order valence-corrected chi connectivity index (χ2v) is 8.60. The Morgan fingerprint density at radius 1 is 1.30 bits per heavy atom. The van der Waals surface area contributed by atoms with Crippen molar-refractivity contribution in [2.24, 2.45) is 16.7 Å². The Kier molecular flexibility index (Phi) is 5.65. The Bertz CT molecular complexity index is 328. The van der Waals surface area contributed by atoms with E-state index in [0.29, 0.717) is 23.3 Å². The second-order valence-electron chi connectivity index (χ2n) is 8.60. The van der Waals surface area contributed by atoms with Crippen LogP contribution in [0.25, 0.3) is 0 Å². The molecule has 118 valence electrons. The van der Waals surface area contributed by atoms with Crippen molar-refractivity contribution in [3.05, 3.63) is 0 Å². The van der Waals surface area contributed by atoms with Crippen LogP contribution < -0.4 is 10.6 Å². The predicted molar refractivity (Wildman–Crippen MR) is 85.6 cm³/mol. The smallest absolute Gasteiger partial charge is 0.221 e. The topological polar surface area (TPSA) is 41.1 Å². The summed E-state index contributed by atoms with van der Waals surface area (Å²) in [6, 6.07) is 0.815. The first-order valence-electron chi connectivity index (χ1n) is 8.04. The van der Waals surface area contributed by atoms with Crippen molar-refractivity contribution < 1.29 is 4.79 Å². The fourth-order valence-corrected chi connectivity index (χ4v) is 3.30. The van der Waals surface area contributed by atoms with Gasteiger partial charge >= 0.3 is 0 Å². The fraction of sp³-hybridized carbons (Fsp3) is 0.941. The average molecular weight is 282 g/mol. The van der Waals surface area contributed by atoms with Gasteiger partial charge in [-0.1, -0.05) is 34.6 Å². The molecule has 3 nitrogen and oxygen atoms in total. The lowest BCUT2D eigenvalue weighted by Gasteiger charge is -2.54. The van der Waals surface area contributed by atoms with E-state index in [1.54, 1.807) is 0 Å². The molecule has 0 heterocycles. The molecule has 0 radical (unpaired) electrons. The Labute approximate surface area is 125 Å². The van der Waals surface area contributed by atoms with Crippen molar-refractivity contribution in [2.45, 2.75) is 79.8 Å². The van der Waals surface area contributed by atoms with Crippen LogP contribution in [0.15, 0.2) is 0 Å². The Balaban J connectivity index is 2.35. The molecular weight excluding hydrogens is 248 g/mol. The number of amides is 1. The molecule has 0 aliphatic heterocycles. The lowest BCUT2D eigenvalue weighted by molar-refractivity contribution is -0.121. The van der Waals surface area contributed by atoms with E-state index in [0.717, 1.165) is 12.5 Å². The van der Waals surface area contributed by atoms with Crippen molar-refractivity contribution in [1.82, 2.24) is 10.6 Å². The molecule has 0 saturated heterocycles. The van der Waals surface area contributed by atoms with Gasteiger partial charge in [0.1, 0.15) is 0 Å². The first-order chi connectivity index (χ1) is 9.01. The van der Waals surface area contributed by atoms with Crippen molar-refractivity contribution in [3.63, 3.8) is 0 Å². The molecule has 20 heavy (non-hydrogen) atoms. The van der Waals surface area contributed by atoms with Crippen LogP contribution in [0.4, 0.5) is 0 Å². The second kappa shape index (κ2) is 6.46. The van der Waals surface area contributed by atoms with Crippen LogP contribution in [-0.2, 0) is 4.79 Å². The third kappa shape index (κ3) is 5.43. The van der Waals surface area contributed by atoms with Gasteiger partial charge in [0.15, 0.2) is 0 Å². The van der Waals surface area contributed by atoms with Crippen molar-refractivity contribution in [2.75, 3.05) is 6.54 Å². The monoisotopic (exact) mass is 282 g/mol. The Morgan fingerprint density at radius 3 is 2.35 bits per heavy atom. The molecule has 2 N–H and O–H groups in total. The highest BCUT2D eigenvalue weighted by Crippen LogP contribution is 2.50. The number of rotatable bonds is 6. The molecule has 3 heteroatoms. The van der Waals surface area contributed by atoms with E-state index in [4.69, 9.17) is 0 Å². The molecule has 0 spiro atoms. The van der Waals surface area contributed by atoms with E-state index < -0.39 is 0 Å². The van der Waals surface area contributed by atoms with E-state index in [2.05, 4.69) is 45.3 Å².